The van der Waals surface area contributed by atoms with E-state index in [1.165, 1.54) is 17.7 Å². The Labute approximate surface area is 167 Å². The molecule has 4 aromatic rings. The van der Waals surface area contributed by atoms with Crippen LogP contribution in [0.4, 0.5) is 4.39 Å². The van der Waals surface area contributed by atoms with E-state index in [0.717, 1.165) is 40.8 Å². The highest BCUT2D eigenvalue weighted by Crippen LogP contribution is 2.28. The first-order chi connectivity index (χ1) is 13.8. The molecule has 2 aromatic heterocycles. The molecule has 0 unspecified atom stereocenters. The van der Waals surface area contributed by atoms with E-state index in [9.17, 15) is 4.39 Å². The van der Waals surface area contributed by atoms with Gasteiger partial charge in [0, 0.05) is 29.4 Å². The van der Waals surface area contributed by atoms with Crippen LogP contribution in [0.2, 0.25) is 0 Å². The third kappa shape index (κ3) is 4.28. The zero-order valence-electron chi connectivity index (χ0n) is 15.2. The van der Waals surface area contributed by atoms with Crippen LogP contribution in [0.15, 0.2) is 84.3 Å². The van der Waals surface area contributed by atoms with Gasteiger partial charge in [-0.05, 0) is 54.8 Å². The molecular weight excluding hydrogens is 371 g/mol. The molecule has 28 heavy (non-hydrogen) atoms. The fourth-order valence-electron chi connectivity index (χ4n) is 2.96. The summed E-state index contributed by atoms with van der Waals surface area (Å²) in [4.78, 5) is 4.07. The van der Waals surface area contributed by atoms with Crippen LogP contribution < -0.4 is 0 Å². The van der Waals surface area contributed by atoms with Gasteiger partial charge in [0.25, 0.3) is 0 Å². The van der Waals surface area contributed by atoms with Crippen molar-refractivity contribution < 1.29 is 4.39 Å². The molecule has 0 saturated heterocycles. The Bertz CT molecular complexity index is 1020. The van der Waals surface area contributed by atoms with Crippen LogP contribution in [-0.2, 0) is 6.42 Å². The minimum absolute atomic E-state index is 0.264. The van der Waals surface area contributed by atoms with E-state index in [1.807, 2.05) is 22.8 Å². The summed E-state index contributed by atoms with van der Waals surface area (Å²) in [6.45, 7) is 0. The average Bonchev–Trinajstić information content (AvgIpc) is 3.17. The van der Waals surface area contributed by atoms with Crippen molar-refractivity contribution in [1.82, 2.24) is 19.7 Å². The predicted octanol–water partition coefficient (Wildman–Crippen LogP) is 5.19. The fourth-order valence-corrected chi connectivity index (χ4v) is 3.85. The van der Waals surface area contributed by atoms with E-state index in [2.05, 4.69) is 39.4 Å². The minimum Gasteiger partial charge on any atom is -0.270 e. The topological polar surface area (TPSA) is 43.6 Å². The van der Waals surface area contributed by atoms with Gasteiger partial charge in [-0.1, -0.05) is 42.1 Å². The second-order valence-corrected chi connectivity index (χ2v) is 7.35. The van der Waals surface area contributed by atoms with Gasteiger partial charge in [-0.15, -0.1) is 10.2 Å². The Morgan fingerprint density at radius 3 is 2.36 bits per heavy atom. The third-order valence-electron chi connectivity index (χ3n) is 4.34. The first kappa shape index (κ1) is 18.4. The molecule has 0 aliphatic rings. The van der Waals surface area contributed by atoms with Crippen LogP contribution in [-0.4, -0.2) is 25.5 Å². The van der Waals surface area contributed by atoms with Gasteiger partial charge in [0.2, 0.25) is 0 Å². The smallest absolute Gasteiger partial charge is 0.196 e. The van der Waals surface area contributed by atoms with E-state index < -0.39 is 0 Å². The second kappa shape index (κ2) is 8.80. The molecule has 2 heterocycles. The van der Waals surface area contributed by atoms with Gasteiger partial charge in [0.15, 0.2) is 11.0 Å². The zero-order valence-corrected chi connectivity index (χ0v) is 16.0. The van der Waals surface area contributed by atoms with Gasteiger partial charge < -0.3 is 0 Å². The molecule has 0 spiro atoms. The Morgan fingerprint density at radius 1 is 0.857 bits per heavy atom. The summed E-state index contributed by atoms with van der Waals surface area (Å²) in [6, 6.07) is 20.6. The summed E-state index contributed by atoms with van der Waals surface area (Å²) in [7, 11) is 0. The summed E-state index contributed by atoms with van der Waals surface area (Å²) < 4.78 is 15.4. The number of rotatable bonds is 7. The average molecular weight is 390 g/mol. The normalized spacial score (nSPS) is 10.9. The van der Waals surface area contributed by atoms with Gasteiger partial charge in [0.05, 0.1) is 0 Å². The summed E-state index contributed by atoms with van der Waals surface area (Å²) in [6.07, 6.45) is 5.52. The summed E-state index contributed by atoms with van der Waals surface area (Å²) in [5, 5.41) is 9.59. The maximum absolute atomic E-state index is 13.4. The van der Waals surface area contributed by atoms with Crippen molar-refractivity contribution in [3.63, 3.8) is 0 Å². The molecule has 4 nitrogen and oxygen atoms in total. The molecule has 0 bridgehead atoms. The molecule has 6 heteroatoms. The van der Waals surface area contributed by atoms with E-state index in [0.29, 0.717) is 0 Å². The summed E-state index contributed by atoms with van der Waals surface area (Å²) >= 11 is 1.66. The van der Waals surface area contributed by atoms with Gasteiger partial charge in [-0.3, -0.25) is 9.55 Å². The molecule has 4 rings (SSSR count). The van der Waals surface area contributed by atoms with Crippen molar-refractivity contribution in [2.45, 2.75) is 18.0 Å². The first-order valence-corrected chi connectivity index (χ1v) is 10.1. The van der Waals surface area contributed by atoms with Crippen LogP contribution in [0.3, 0.4) is 0 Å². The first-order valence-electron chi connectivity index (χ1n) is 9.10. The number of aromatic nitrogens is 4. The maximum atomic E-state index is 13.4. The molecule has 140 valence electrons. The van der Waals surface area contributed by atoms with Crippen molar-refractivity contribution in [3.8, 4) is 17.1 Å². The number of aryl methyl sites for hydroxylation is 1. The van der Waals surface area contributed by atoms with Crippen LogP contribution in [0.5, 0.6) is 0 Å². The molecule has 0 amide bonds. The Balaban J connectivity index is 1.56. The van der Waals surface area contributed by atoms with Crippen molar-refractivity contribution in [1.29, 1.82) is 0 Å². The lowest BCUT2D eigenvalue weighted by molar-refractivity contribution is 0.627. The van der Waals surface area contributed by atoms with E-state index in [1.54, 1.807) is 36.3 Å². The number of nitrogens with zero attached hydrogens (tertiary/aromatic N) is 4. The Kier molecular flexibility index (Phi) is 5.77. The number of hydrogen-bond acceptors (Lipinski definition) is 4. The van der Waals surface area contributed by atoms with Gasteiger partial charge in [-0.2, -0.15) is 0 Å². The quantitative estimate of drug-likeness (QED) is 0.322. The predicted molar refractivity (Wildman–Crippen MR) is 110 cm³/mol. The van der Waals surface area contributed by atoms with Crippen molar-refractivity contribution in [2.24, 2.45) is 0 Å². The molecule has 2 aromatic carbocycles. The monoisotopic (exact) mass is 390 g/mol. The van der Waals surface area contributed by atoms with Crippen molar-refractivity contribution in [3.05, 3.63) is 90.5 Å². The standard InChI is InChI=1S/C22H19FN4S/c23-19-8-10-20(11-9-19)27-21(18-12-14-24-15-13-18)25-26-22(27)28-16-4-7-17-5-2-1-3-6-17/h1-3,5-6,8-15H,4,7,16H2. The number of hydrogen-bond donors (Lipinski definition) is 0. The maximum Gasteiger partial charge on any atom is 0.196 e. The molecule has 0 aliphatic carbocycles. The van der Waals surface area contributed by atoms with Crippen molar-refractivity contribution >= 4 is 11.8 Å². The molecule has 0 fully saturated rings. The Morgan fingerprint density at radius 2 is 1.61 bits per heavy atom. The lowest BCUT2D eigenvalue weighted by atomic mass is 10.1. The SMILES string of the molecule is Fc1ccc(-n2c(SCCCc3ccccc3)nnc2-c2ccncc2)cc1. The molecule has 0 radical (unpaired) electrons. The largest absolute Gasteiger partial charge is 0.270 e. The molecule has 0 aliphatic heterocycles. The highest BCUT2D eigenvalue weighted by Gasteiger charge is 2.16. The number of benzene rings is 2. The molecular formula is C22H19FN4S. The lowest BCUT2D eigenvalue weighted by Crippen LogP contribution is -2.00. The number of thioether (sulfide) groups is 1. The zero-order chi connectivity index (χ0) is 19.2. The highest BCUT2D eigenvalue weighted by atomic mass is 32.2. The summed E-state index contributed by atoms with van der Waals surface area (Å²) in [5.41, 5.74) is 3.09. The van der Waals surface area contributed by atoms with Gasteiger partial charge >= 0.3 is 0 Å². The van der Waals surface area contributed by atoms with Gasteiger partial charge in [-0.25, -0.2) is 4.39 Å². The lowest BCUT2D eigenvalue weighted by Gasteiger charge is -2.10. The minimum atomic E-state index is -0.264. The van der Waals surface area contributed by atoms with E-state index >= 15 is 0 Å². The van der Waals surface area contributed by atoms with Crippen molar-refractivity contribution in [2.75, 3.05) is 5.75 Å². The highest BCUT2D eigenvalue weighted by molar-refractivity contribution is 7.99. The molecule has 0 N–H and O–H groups in total. The van der Waals surface area contributed by atoms with E-state index in [-0.39, 0.29) is 5.82 Å². The van der Waals surface area contributed by atoms with E-state index in [4.69, 9.17) is 0 Å². The fraction of sp³-hybridized carbons (Fsp3) is 0.136. The molecule has 0 saturated carbocycles. The summed E-state index contributed by atoms with van der Waals surface area (Å²) in [5.74, 6) is 1.38. The van der Waals surface area contributed by atoms with Gasteiger partial charge in [0.1, 0.15) is 5.82 Å². The van der Waals surface area contributed by atoms with Crippen LogP contribution >= 0.6 is 11.8 Å². The Hall–Kier alpha value is -2.99. The molecule has 0 atom stereocenters. The van der Waals surface area contributed by atoms with Crippen LogP contribution in [0.25, 0.3) is 17.1 Å². The van der Waals surface area contributed by atoms with Crippen LogP contribution in [0, 0.1) is 5.82 Å². The number of halogens is 1. The van der Waals surface area contributed by atoms with Crippen LogP contribution in [0.1, 0.15) is 12.0 Å². The second-order valence-electron chi connectivity index (χ2n) is 6.29. The number of pyridine rings is 1. The third-order valence-corrected chi connectivity index (χ3v) is 5.36.